The maximum absolute atomic E-state index is 14.0. The molecule has 1 aromatic carbocycles. The average molecular weight is 290 g/mol. The normalized spacial score (nSPS) is 18.9. The quantitative estimate of drug-likeness (QED) is 0.595. The monoisotopic (exact) mass is 290 g/mol. The summed E-state index contributed by atoms with van der Waals surface area (Å²) in [6.45, 7) is 1.60. The van der Waals surface area contributed by atoms with Gasteiger partial charge in [0.15, 0.2) is 0 Å². The molecule has 110 valence electrons. The van der Waals surface area contributed by atoms with Crippen LogP contribution in [0.5, 0.6) is 0 Å². The summed E-state index contributed by atoms with van der Waals surface area (Å²) in [6, 6.07) is 3.99. The molecule has 0 aliphatic carbocycles. The number of imide groups is 1. The third kappa shape index (κ3) is 3.66. The van der Waals surface area contributed by atoms with Gasteiger partial charge in [-0.15, -0.1) is 0 Å². The molecule has 1 aromatic rings. The van der Waals surface area contributed by atoms with Crippen LogP contribution in [0.15, 0.2) is 18.2 Å². The van der Waals surface area contributed by atoms with Crippen molar-refractivity contribution in [3.05, 3.63) is 35.1 Å². The zero-order valence-electron chi connectivity index (χ0n) is 11.5. The molecule has 1 unspecified atom stereocenters. The number of nitrogens with zero attached hydrogens (tertiary/aromatic N) is 1. The van der Waals surface area contributed by atoms with Crippen molar-refractivity contribution in [3.8, 4) is 11.8 Å². The van der Waals surface area contributed by atoms with Crippen molar-refractivity contribution in [3.63, 3.8) is 0 Å². The van der Waals surface area contributed by atoms with Crippen LogP contribution in [0.2, 0.25) is 0 Å². The summed E-state index contributed by atoms with van der Waals surface area (Å²) in [7, 11) is 0. The number of aliphatic hydroxyl groups is 1. The van der Waals surface area contributed by atoms with E-state index in [-0.39, 0.29) is 31.5 Å². The zero-order chi connectivity index (χ0) is 15.4. The summed E-state index contributed by atoms with van der Waals surface area (Å²) in [5, 5.41) is 10.8. The lowest BCUT2D eigenvalue weighted by atomic mass is 10.1. The van der Waals surface area contributed by atoms with Crippen molar-refractivity contribution in [1.82, 2.24) is 10.2 Å². The molecule has 0 radical (unpaired) electrons. The molecule has 1 fully saturated rings. The SMILES string of the molecule is CC1C(=O)NC(=O)CN1Cc1ccc(C#CCO)cc1F. The van der Waals surface area contributed by atoms with Crippen molar-refractivity contribution in [2.24, 2.45) is 0 Å². The average Bonchev–Trinajstić information content (AvgIpc) is 2.44. The fourth-order valence-corrected chi connectivity index (χ4v) is 2.08. The van der Waals surface area contributed by atoms with E-state index in [0.29, 0.717) is 11.1 Å². The van der Waals surface area contributed by atoms with Crippen molar-refractivity contribution in [1.29, 1.82) is 0 Å². The molecular formula is C15H15FN2O3. The molecule has 21 heavy (non-hydrogen) atoms. The molecule has 0 saturated carbocycles. The number of benzene rings is 1. The van der Waals surface area contributed by atoms with Crippen LogP contribution >= 0.6 is 0 Å². The van der Waals surface area contributed by atoms with Crippen LogP contribution in [0.25, 0.3) is 0 Å². The number of rotatable bonds is 2. The number of nitrogens with one attached hydrogen (secondary N) is 1. The minimum absolute atomic E-state index is 0.0540. The number of carbonyl (C=O) groups is 2. The highest BCUT2D eigenvalue weighted by molar-refractivity contribution is 6.00. The molecule has 1 aliphatic rings. The van der Waals surface area contributed by atoms with Crippen LogP contribution in [0, 0.1) is 17.7 Å². The van der Waals surface area contributed by atoms with E-state index in [0.717, 1.165) is 0 Å². The fourth-order valence-electron chi connectivity index (χ4n) is 2.08. The highest BCUT2D eigenvalue weighted by Crippen LogP contribution is 2.15. The Morgan fingerprint density at radius 3 is 2.90 bits per heavy atom. The van der Waals surface area contributed by atoms with Crippen molar-refractivity contribution < 1.29 is 19.1 Å². The number of aliphatic hydroxyl groups excluding tert-OH is 1. The van der Waals surface area contributed by atoms with E-state index in [1.54, 1.807) is 24.0 Å². The molecule has 1 aliphatic heterocycles. The Morgan fingerprint density at radius 2 is 2.24 bits per heavy atom. The van der Waals surface area contributed by atoms with E-state index in [1.165, 1.54) is 6.07 Å². The Hall–Kier alpha value is -2.23. The van der Waals surface area contributed by atoms with Crippen LogP contribution in [0.3, 0.4) is 0 Å². The molecular weight excluding hydrogens is 275 g/mol. The van der Waals surface area contributed by atoms with E-state index in [2.05, 4.69) is 17.2 Å². The summed E-state index contributed by atoms with van der Waals surface area (Å²) in [4.78, 5) is 24.5. The topological polar surface area (TPSA) is 69.6 Å². The standard InChI is InChI=1S/C15H15FN2O3/c1-10-15(21)17-14(20)9-18(10)8-12-5-4-11(3-2-6-19)7-13(12)16/h4-5,7,10,19H,6,8-9H2,1H3,(H,17,20,21). The van der Waals surface area contributed by atoms with E-state index in [1.807, 2.05) is 0 Å². The van der Waals surface area contributed by atoms with E-state index >= 15 is 0 Å². The van der Waals surface area contributed by atoms with Gasteiger partial charge in [-0.1, -0.05) is 17.9 Å². The van der Waals surface area contributed by atoms with Gasteiger partial charge in [0.25, 0.3) is 0 Å². The van der Waals surface area contributed by atoms with E-state index in [9.17, 15) is 14.0 Å². The lowest BCUT2D eigenvalue weighted by Crippen LogP contribution is -2.56. The van der Waals surface area contributed by atoms with Crippen molar-refractivity contribution in [2.75, 3.05) is 13.2 Å². The Labute approximate surface area is 121 Å². The van der Waals surface area contributed by atoms with Crippen LogP contribution in [0.4, 0.5) is 4.39 Å². The number of piperazine rings is 1. The van der Waals surface area contributed by atoms with Crippen molar-refractivity contribution >= 4 is 11.8 Å². The Balaban J connectivity index is 2.15. The van der Waals surface area contributed by atoms with Crippen LogP contribution in [-0.4, -0.2) is 41.0 Å². The molecule has 2 rings (SSSR count). The van der Waals surface area contributed by atoms with Gasteiger partial charge in [0.2, 0.25) is 11.8 Å². The predicted molar refractivity (Wildman–Crippen MR) is 73.4 cm³/mol. The molecule has 2 amide bonds. The van der Waals surface area contributed by atoms with Gasteiger partial charge < -0.3 is 5.11 Å². The summed E-state index contributed by atoms with van der Waals surface area (Å²) in [5.41, 5.74) is 0.852. The number of amides is 2. The molecule has 0 aromatic heterocycles. The molecule has 1 atom stereocenters. The van der Waals surface area contributed by atoms with Gasteiger partial charge >= 0.3 is 0 Å². The van der Waals surface area contributed by atoms with Gasteiger partial charge in [-0.25, -0.2) is 4.39 Å². The van der Waals surface area contributed by atoms with Gasteiger partial charge in [0.1, 0.15) is 12.4 Å². The molecule has 2 N–H and O–H groups in total. The second-order valence-electron chi connectivity index (χ2n) is 4.76. The maximum atomic E-state index is 14.0. The molecule has 6 heteroatoms. The summed E-state index contributed by atoms with van der Waals surface area (Å²) >= 11 is 0. The van der Waals surface area contributed by atoms with Gasteiger partial charge in [-0.3, -0.25) is 19.8 Å². The lowest BCUT2D eigenvalue weighted by Gasteiger charge is -2.31. The Morgan fingerprint density at radius 1 is 1.48 bits per heavy atom. The summed E-state index contributed by atoms with van der Waals surface area (Å²) in [5.74, 6) is 3.84. The van der Waals surface area contributed by atoms with Crippen LogP contribution in [-0.2, 0) is 16.1 Å². The molecule has 0 bridgehead atoms. The fraction of sp³-hybridized carbons (Fsp3) is 0.333. The number of hydrogen-bond donors (Lipinski definition) is 2. The maximum Gasteiger partial charge on any atom is 0.243 e. The second kappa shape index (κ2) is 6.48. The minimum Gasteiger partial charge on any atom is -0.384 e. The third-order valence-corrected chi connectivity index (χ3v) is 3.27. The van der Waals surface area contributed by atoms with E-state index < -0.39 is 11.9 Å². The van der Waals surface area contributed by atoms with Crippen molar-refractivity contribution in [2.45, 2.75) is 19.5 Å². The van der Waals surface area contributed by atoms with Gasteiger partial charge in [0, 0.05) is 17.7 Å². The zero-order valence-corrected chi connectivity index (χ0v) is 11.5. The van der Waals surface area contributed by atoms with E-state index in [4.69, 9.17) is 5.11 Å². The first-order valence-electron chi connectivity index (χ1n) is 6.47. The van der Waals surface area contributed by atoms with Gasteiger partial charge in [-0.05, 0) is 19.1 Å². The second-order valence-corrected chi connectivity index (χ2v) is 4.76. The Bertz CT molecular complexity index is 634. The summed E-state index contributed by atoms with van der Waals surface area (Å²) < 4.78 is 14.0. The first-order valence-corrected chi connectivity index (χ1v) is 6.47. The van der Waals surface area contributed by atoms with Crippen LogP contribution in [0.1, 0.15) is 18.1 Å². The molecule has 5 nitrogen and oxygen atoms in total. The lowest BCUT2D eigenvalue weighted by molar-refractivity contribution is -0.139. The molecule has 1 saturated heterocycles. The molecule has 0 spiro atoms. The first-order chi connectivity index (χ1) is 10.0. The number of halogens is 1. The smallest absolute Gasteiger partial charge is 0.243 e. The first kappa shape index (κ1) is 15.2. The number of hydrogen-bond acceptors (Lipinski definition) is 4. The Kier molecular flexibility index (Phi) is 4.68. The van der Waals surface area contributed by atoms with Gasteiger partial charge in [0.05, 0.1) is 12.6 Å². The molecule has 1 heterocycles. The minimum atomic E-state index is -0.490. The largest absolute Gasteiger partial charge is 0.384 e. The third-order valence-electron chi connectivity index (χ3n) is 3.27. The summed E-state index contributed by atoms with van der Waals surface area (Å²) in [6.07, 6.45) is 0. The highest BCUT2D eigenvalue weighted by atomic mass is 19.1. The number of carbonyl (C=O) groups excluding carboxylic acids is 2. The highest BCUT2D eigenvalue weighted by Gasteiger charge is 2.30. The van der Waals surface area contributed by atoms with Crippen LogP contribution < -0.4 is 5.32 Å². The van der Waals surface area contributed by atoms with Gasteiger partial charge in [-0.2, -0.15) is 0 Å². The predicted octanol–water partition coefficient (Wildman–Crippen LogP) is 0.0164.